The summed E-state index contributed by atoms with van der Waals surface area (Å²) in [6.45, 7) is 1.60. The van der Waals surface area contributed by atoms with Crippen LogP contribution in [0.5, 0.6) is 0 Å². The molecule has 0 radical (unpaired) electrons. The summed E-state index contributed by atoms with van der Waals surface area (Å²) < 4.78 is 0. The maximum atomic E-state index is 13.3. The van der Waals surface area contributed by atoms with Crippen LogP contribution < -0.4 is 5.32 Å². The van der Waals surface area contributed by atoms with E-state index < -0.39 is 28.7 Å². The van der Waals surface area contributed by atoms with Crippen molar-refractivity contribution in [1.82, 2.24) is 4.90 Å². The molecule has 0 bridgehead atoms. The van der Waals surface area contributed by atoms with Crippen LogP contribution in [0, 0.1) is 17.0 Å². The Balaban J connectivity index is 1.68. The molecule has 1 atom stereocenters. The fourth-order valence-corrected chi connectivity index (χ4v) is 3.74. The highest BCUT2D eigenvalue weighted by atomic mass is 16.6. The van der Waals surface area contributed by atoms with E-state index in [-0.39, 0.29) is 28.9 Å². The molecule has 0 aromatic heterocycles. The second kappa shape index (κ2) is 8.43. The fourth-order valence-electron chi connectivity index (χ4n) is 3.74. The topological polar surface area (TPSA) is 110 Å². The molecule has 0 fully saturated rings. The lowest BCUT2D eigenvalue weighted by Gasteiger charge is -2.25. The molecule has 0 aliphatic carbocycles. The third-order valence-corrected chi connectivity index (χ3v) is 5.39. The minimum absolute atomic E-state index is 0.103. The van der Waals surface area contributed by atoms with Gasteiger partial charge in [0.1, 0.15) is 6.04 Å². The molecule has 32 heavy (non-hydrogen) atoms. The van der Waals surface area contributed by atoms with Crippen LogP contribution in [0.1, 0.15) is 31.8 Å². The summed E-state index contributed by atoms with van der Waals surface area (Å²) in [5, 5.41) is 13.9. The third-order valence-electron chi connectivity index (χ3n) is 5.39. The van der Waals surface area contributed by atoms with Crippen LogP contribution in [0.2, 0.25) is 0 Å². The number of nitro groups is 1. The minimum atomic E-state index is -1.13. The number of amides is 3. The lowest BCUT2D eigenvalue weighted by molar-refractivity contribution is -0.385. The number of rotatable bonds is 6. The van der Waals surface area contributed by atoms with Crippen LogP contribution in [0.4, 0.5) is 11.4 Å². The molecular weight excluding hydrogens is 410 g/mol. The molecule has 3 aromatic rings. The van der Waals surface area contributed by atoms with E-state index in [0.29, 0.717) is 5.56 Å². The number of anilines is 1. The number of benzene rings is 3. The van der Waals surface area contributed by atoms with E-state index in [2.05, 4.69) is 5.32 Å². The summed E-state index contributed by atoms with van der Waals surface area (Å²) >= 11 is 0. The summed E-state index contributed by atoms with van der Waals surface area (Å²) in [6, 6.07) is 18.6. The summed E-state index contributed by atoms with van der Waals surface area (Å²) in [6.07, 6.45) is 0.103. The van der Waals surface area contributed by atoms with Crippen molar-refractivity contribution in [3.8, 4) is 0 Å². The lowest BCUT2D eigenvalue weighted by atomic mass is 10.0. The number of nitrogens with one attached hydrogen (secondary N) is 1. The number of nitro benzene ring substituents is 1. The summed E-state index contributed by atoms with van der Waals surface area (Å²) in [7, 11) is 0. The predicted molar refractivity (Wildman–Crippen MR) is 117 cm³/mol. The maximum absolute atomic E-state index is 13.3. The molecule has 1 heterocycles. The third kappa shape index (κ3) is 3.85. The van der Waals surface area contributed by atoms with Gasteiger partial charge in [0.2, 0.25) is 5.91 Å². The molecule has 0 saturated carbocycles. The average molecular weight is 429 g/mol. The van der Waals surface area contributed by atoms with Gasteiger partial charge in [-0.05, 0) is 30.7 Å². The molecule has 1 aliphatic heterocycles. The lowest BCUT2D eigenvalue weighted by Crippen LogP contribution is -2.48. The number of hydrogen-bond acceptors (Lipinski definition) is 5. The zero-order chi connectivity index (χ0) is 22.8. The van der Waals surface area contributed by atoms with Gasteiger partial charge in [0, 0.05) is 23.7 Å². The van der Waals surface area contributed by atoms with Crippen LogP contribution in [0.3, 0.4) is 0 Å². The van der Waals surface area contributed by atoms with Crippen LogP contribution >= 0.6 is 0 Å². The Hall–Kier alpha value is -4.33. The molecule has 3 aromatic carbocycles. The molecule has 0 spiro atoms. The Morgan fingerprint density at radius 3 is 2.16 bits per heavy atom. The van der Waals surface area contributed by atoms with Crippen LogP contribution in [0.25, 0.3) is 0 Å². The van der Waals surface area contributed by atoms with Crippen LogP contribution in [-0.4, -0.2) is 33.6 Å². The molecule has 8 heteroatoms. The van der Waals surface area contributed by atoms with Gasteiger partial charge in [0.15, 0.2) is 0 Å². The molecule has 3 amide bonds. The molecule has 4 rings (SSSR count). The van der Waals surface area contributed by atoms with E-state index in [1.807, 2.05) is 6.07 Å². The van der Waals surface area contributed by atoms with Crippen molar-refractivity contribution in [2.75, 3.05) is 5.32 Å². The number of carbonyl (C=O) groups is 3. The van der Waals surface area contributed by atoms with Crippen molar-refractivity contribution in [2.45, 2.75) is 19.4 Å². The van der Waals surface area contributed by atoms with Gasteiger partial charge in [-0.15, -0.1) is 0 Å². The highest BCUT2D eigenvalue weighted by Crippen LogP contribution is 2.27. The van der Waals surface area contributed by atoms with Crippen molar-refractivity contribution < 1.29 is 19.3 Å². The SMILES string of the molecule is Cc1ccc(NC(=O)[C@H](Cc2ccccc2)N2C(=O)c3ccccc3C2=O)cc1[N+](=O)[O-]. The molecule has 160 valence electrons. The van der Waals surface area contributed by atoms with E-state index in [0.717, 1.165) is 10.5 Å². The standard InChI is InChI=1S/C24H19N3O5/c1-15-11-12-17(14-20(15)27(31)32)25-22(28)21(13-16-7-3-2-4-8-16)26-23(29)18-9-5-6-10-19(18)24(26)30/h2-12,14,21H,13H2,1H3,(H,25,28)/t21-/m0/s1. The first-order valence-corrected chi connectivity index (χ1v) is 9.93. The maximum Gasteiger partial charge on any atom is 0.274 e. The van der Waals surface area contributed by atoms with Gasteiger partial charge in [-0.2, -0.15) is 0 Å². The van der Waals surface area contributed by atoms with Gasteiger partial charge >= 0.3 is 0 Å². The van der Waals surface area contributed by atoms with Crippen molar-refractivity contribution in [2.24, 2.45) is 0 Å². The number of carbonyl (C=O) groups excluding carboxylic acids is 3. The second-order valence-corrected chi connectivity index (χ2v) is 7.48. The molecule has 0 unspecified atom stereocenters. The Kier molecular flexibility index (Phi) is 5.51. The molecule has 0 saturated heterocycles. The number of fused-ring (bicyclic) bond motifs is 1. The van der Waals surface area contributed by atoms with E-state index in [9.17, 15) is 24.5 Å². The Labute approximate surface area is 183 Å². The highest BCUT2D eigenvalue weighted by molar-refractivity contribution is 6.23. The van der Waals surface area contributed by atoms with Crippen LogP contribution in [0.15, 0.2) is 72.8 Å². The van der Waals surface area contributed by atoms with E-state index >= 15 is 0 Å². The average Bonchev–Trinajstić information content (AvgIpc) is 3.04. The van der Waals surface area contributed by atoms with E-state index in [4.69, 9.17) is 0 Å². The Bertz CT molecular complexity index is 1200. The number of aryl methyl sites for hydroxylation is 1. The molecule has 1 N–H and O–H groups in total. The van der Waals surface area contributed by atoms with Gasteiger partial charge in [-0.3, -0.25) is 29.4 Å². The van der Waals surface area contributed by atoms with Gasteiger partial charge in [-0.25, -0.2) is 0 Å². The van der Waals surface area contributed by atoms with Crippen molar-refractivity contribution in [3.63, 3.8) is 0 Å². The Morgan fingerprint density at radius 2 is 1.56 bits per heavy atom. The summed E-state index contributed by atoms with van der Waals surface area (Å²) in [4.78, 5) is 51.0. The largest absolute Gasteiger partial charge is 0.324 e. The first-order chi connectivity index (χ1) is 15.4. The van der Waals surface area contributed by atoms with Gasteiger partial charge in [0.05, 0.1) is 16.1 Å². The first-order valence-electron chi connectivity index (χ1n) is 9.93. The van der Waals surface area contributed by atoms with E-state index in [1.54, 1.807) is 61.5 Å². The zero-order valence-electron chi connectivity index (χ0n) is 17.1. The zero-order valence-corrected chi connectivity index (χ0v) is 17.1. The Morgan fingerprint density at radius 1 is 0.969 bits per heavy atom. The normalized spacial score (nSPS) is 13.6. The number of hydrogen-bond donors (Lipinski definition) is 1. The number of nitrogens with zero attached hydrogens (tertiary/aromatic N) is 2. The van der Waals surface area contributed by atoms with Gasteiger partial charge in [-0.1, -0.05) is 48.5 Å². The van der Waals surface area contributed by atoms with Gasteiger partial charge < -0.3 is 5.32 Å². The monoisotopic (exact) mass is 429 g/mol. The van der Waals surface area contributed by atoms with Crippen molar-refractivity contribution in [1.29, 1.82) is 0 Å². The summed E-state index contributed by atoms with van der Waals surface area (Å²) in [5.41, 5.74) is 1.78. The van der Waals surface area contributed by atoms with Crippen LogP contribution in [-0.2, 0) is 11.2 Å². The number of imide groups is 1. The molecular formula is C24H19N3O5. The molecule has 1 aliphatic rings. The van der Waals surface area contributed by atoms with Crippen molar-refractivity contribution in [3.05, 3.63) is 105 Å². The quantitative estimate of drug-likeness (QED) is 0.365. The van der Waals surface area contributed by atoms with E-state index in [1.165, 1.54) is 12.1 Å². The van der Waals surface area contributed by atoms with Gasteiger partial charge in [0.25, 0.3) is 17.5 Å². The second-order valence-electron chi connectivity index (χ2n) is 7.48. The molecule has 8 nitrogen and oxygen atoms in total. The smallest absolute Gasteiger partial charge is 0.274 e. The first kappa shape index (κ1) is 20.9. The highest BCUT2D eigenvalue weighted by Gasteiger charge is 2.42. The fraction of sp³-hybridized carbons (Fsp3) is 0.125. The van der Waals surface area contributed by atoms with Crippen molar-refractivity contribution >= 4 is 29.1 Å². The minimum Gasteiger partial charge on any atom is -0.324 e. The predicted octanol–water partition coefficient (Wildman–Crippen LogP) is 3.75. The summed E-state index contributed by atoms with van der Waals surface area (Å²) in [5.74, 6) is -1.70.